The van der Waals surface area contributed by atoms with Crippen molar-refractivity contribution in [1.29, 1.82) is 0 Å². The SMILES string of the molecule is CCOC(=O)N1CCC(NC(=NCC(=O)N(C)C)NC2CC(C)N(C3CC3)C2)CC1. The Kier molecular flexibility index (Phi) is 7.80. The number of guanidine groups is 1. The summed E-state index contributed by atoms with van der Waals surface area (Å²) < 4.78 is 5.10. The molecule has 0 aromatic heterocycles. The van der Waals surface area contributed by atoms with Crippen LogP contribution in [0.5, 0.6) is 0 Å². The number of likely N-dealkylation sites (N-methyl/N-ethyl adjacent to an activating group) is 1. The van der Waals surface area contributed by atoms with Gasteiger partial charge in [-0.1, -0.05) is 0 Å². The molecular formula is C21H38N6O3. The van der Waals surface area contributed by atoms with Crippen LogP contribution >= 0.6 is 0 Å². The second-order valence-corrected chi connectivity index (χ2v) is 8.91. The van der Waals surface area contributed by atoms with Crippen LogP contribution in [0.25, 0.3) is 0 Å². The minimum atomic E-state index is -0.236. The molecule has 170 valence electrons. The maximum Gasteiger partial charge on any atom is 0.409 e. The van der Waals surface area contributed by atoms with E-state index in [1.807, 2.05) is 6.92 Å². The molecule has 2 amide bonds. The van der Waals surface area contributed by atoms with Gasteiger partial charge in [-0.15, -0.1) is 0 Å². The van der Waals surface area contributed by atoms with E-state index in [9.17, 15) is 9.59 Å². The highest BCUT2D eigenvalue weighted by Gasteiger charge is 2.39. The van der Waals surface area contributed by atoms with Crippen LogP contribution in [0.2, 0.25) is 0 Å². The zero-order valence-electron chi connectivity index (χ0n) is 18.9. The van der Waals surface area contributed by atoms with Gasteiger partial charge in [0, 0.05) is 57.9 Å². The van der Waals surface area contributed by atoms with Crippen molar-refractivity contribution in [1.82, 2.24) is 25.3 Å². The van der Waals surface area contributed by atoms with Gasteiger partial charge in [-0.2, -0.15) is 0 Å². The monoisotopic (exact) mass is 422 g/mol. The van der Waals surface area contributed by atoms with E-state index in [-0.39, 0.29) is 24.6 Å². The van der Waals surface area contributed by atoms with Crippen molar-refractivity contribution in [2.75, 3.05) is 46.9 Å². The zero-order valence-corrected chi connectivity index (χ0v) is 18.9. The van der Waals surface area contributed by atoms with Crippen molar-refractivity contribution >= 4 is 18.0 Å². The van der Waals surface area contributed by atoms with Gasteiger partial charge in [0.1, 0.15) is 6.54 Å². The number of ether oxygens (including phenoxy) is 1. The van der Waals surface area contributed by atoms with Gasteiger partial charge in [0.15, 0.2) is 5.96 Å². The summed E-state index contributed by atoms with van der Waals surface area (Å²) in [5.41, 5.74) is 0. The van der Waals surface area contributed by atoms with Crippen LogP contribution in [0.3, 0.4) is 0 Å². The number of amides is 2. The van der Waals surface area contributed by atoms with E-state index >= 15 is 0 Å². The summed E-state index contributed by atoms with van der Waals surface area (Å²) in [5, 5.41) is 7.09. The Labute approximate surface area is 180 Å². The Balaban J connectivity index is 1.56. The molecular weight excluding hydrogens is 384 g/mol. The average molecular weight is 423 g/mol. The molecule has 0 bridgehead atoms. The van der Waals surface area contributed by atoms with Gasteiger partial charge in [0.2, 0.25) is 5.91 Å². The van der Waals surface area contributed by atoms with Gasteiger partial charge in [0.05, 0.1) is 6.61 Å². The summed E-state index contributed by atoms with van der Waals surface area (Å²) >= 11 is 0. The van der Waals surface area contributed by atoms with E-state index in [0.717, 1.165) is 31.8 Å². The van der Waals surface area contributed by atoms with E-state index in [4.69, 9.17) is 4.74 Å². The number of carbonyl (C=O) groups excluding carboxylic acids is 2. The van der Waals surface area contributed by atoms with Crippen LogP contribution in [0, 0.1) is 0 Å². The minimum absolute atomic E-state index is 0.0207. The van der Waals surface area contributed by atoms with Crippen molar-refractivity contribution < 1.29 is 14.3 Å². The molecule has 30 heavy (non-hydrogen) atoms. The number of nitrogens with one attached hydrogen (secondary N) is 2. The summed E-state index contributed by atoms with van der Waals surface area (Å²) in [4.78, 5) is 34.5. The normalized spacial score (nSPS) is 25.9. The third-order valence-electron chi connectivity index (χ3n) is 6.21. The molecule has 2 heterocycles. The summed E-state index contributed by atoms with van der Waals surface area (Å²) in [6, 6.07) is 1.88. The predicted molar refractivity (Wildman–Crippen MR) is 116 cm³/mol. The molecule has 9 nitrogen and oxygen atoms in total. The van der Waals surface area contributed by atoms with Gasteiger partial charge in [-0.3, -0.25) is 9.69 Å². The highest BCUT2D eigenvalue weighted by Crippen LogP contribution is 2.33. The van der Waals surface area contributed by atoms with Crippen molar-refractivity contribution in [3.8, 4) is 0 Å². The molecule has 1 saturated carbocycles. The molecule has 2 unspecified atom stereocenters. The first kappa shape index (κ1) is 22.7. The van der Waals surface area contributed by atoms with Gasteiger partial charge in [-0.25, -0.2) is 9.79 Å². The van der Waals surface area contributed by atoms with Crippen LogP contribution in [0.4, 0.5) is 4.79 Å². The lowest BCUT2D eigenvalue weighted by Gasteiger charge is -2.33. The molecule has 2 aliphatic heterocycles. The van der Waals surface area contributed by atoms with Crippen LogP contribution in [0.1, 0.15) is 46.0 Å². The summed E-state index contributed by atoms with van der Waals surface area (Å²) in [5.74, 6) is 0.683. The Morgan fingerprint density at radius 1 is 1.10 bits per heavy atom. The van der Waals surface area contributed by atoms with Crippen LogP contribution in [-0.2, 0) is 9.53 Å². The van der Waals surface area contributed by atoms with Gasteiger partial charge >= 0.3 is 6.09 Å². The van der Waals surface area contributed by atoms with Crippen molar-refractivity contribution in [2.45, 2.75) is 70.1 Å². The molecule has 3 rings (SSSR count). The number of piperidine rings is 1. The lowest BCUT2D eigenvalue weighted by atomic mass is 10.1. The molecule has 3 aliphatic rings. The Hall–Kier alpha value is -2.03. The molecule has 1 aliphatic carbocycles. The smallest absolute Gasteiger partial charge is 0.409 e. The summed E-state index contributed by atoms with van der Waals surface area (Å²) in [7, 11) is 3.49. The lowest BCUT2D eigenvalue weighted by molar-refractivity contribution is -0.127. The van der Waals surface area contributed by atoms with Gasteiger partial charge < -0.3 is 25.2 Å². The Morgan fingerprint density at radius 2 is 1.77 bits per heavy atom. The van der Waals surface area contributed by atoms with Crippen LogP contribution < -0.4 is 10.6 Å². The number of hydrogen-bond donors (Lipinski definition) is 2. The predicted octanol–water partition coefficient (Wildman–Crippen LogP) is 0.856. The third-order valence-corrected chi connectivity index (χ3v) is 6.21. The fraction of sp³-hybridized carbons (Fsp3) is 0.857. The van der Waals surface area contributed by atoms with Crippen molar-refractivity contribution in [3.63, 3.8) is 0 Å². The third kappa shape index (κ3) is 6.23. The van der Waals surface area contributed by atoms with E-state index in [1.165, 1.54) is 12.8 Å². The maximum absolute atomic E-state index is 12.1. The molecule has 2 saturated heterocycles. The summed E-state index contributed by atoms with van der Waals surface area (Å²) in [6.45, 7) is 6.99. The van der Waals surface area contributed by atoms with Crippen LogP contribution in [-0.4, -0.2) is 104 Å². The van der Waals surface area contributed by atoms with E-state index in [1.54, 1.807) is 23.9 Å². The number of likely N-dealkylation sites (tertiary alicyclic amines) is 2. The van der Waals surface area contributed by atoms with Crippen molar-refractivity contribution in [2.24, 2.45) is 4.99 Å². The van der Waals surface area contributed by atoms with Gasteiger partial charge in [0.25, 0.3) is 0 Å². The fourth-order valence-corrected chi connectivity index (χ4v) is 4.30. The van der Waals surface area contributed by atoms with Crippen LogP contribution in [0.15, 0.2) is 4.99 Å². The van der Waals surface area contributed by atoms with Gasteiger partial charge in [-0.05, 0) is 46.0 Å². The molecule has 0 aromatic rings. The van der Waals surface area contributed by atoms with E-state index in [0.29, 0.717) is 37.7 Å². The minimum Gasteiger partial charge on any atom is -0.450 e. The molecule has 3 fully saturated rings. The average Bonchev–Trinajstić information content (AvgIpc) is 3.49. The second-order valence-electron chi connectivity index (χ2n) is 8.91. The van der Waals surface area contributed by atoms with Crippen molar-refractivity contribution in [3.05, 3.63) is 0 Å². The summed E-state index contributed by atoms with van der Waals surface area (Å²) in [6.07, 6.45) is 5.13. The molecule has 2 N–H and O–H groups in total. The quantitative estimate of drug-likeness (QED) is 0.487. The standard InChI is InChI=1S/C21H38N6O3/c1-5-30-21(29)26-10-8-16(9-11-26)23-20(22-13-19(28)25(3)4)24-17-12-15(2)27(14-17)18-6-7-18/h15-18H,5-14H2,1-4H3,(H2,22,23,24). The number of aliphatic imine (C=N–C) groups is 1. The first-order valence-corrected chi connectivity index (χ1v) is 11.3. The molecule has 9 heteroatoms. The number of carbonyl (C=O) groups is 2. The zero-order chi connectivity index (χ0) is 21.7. The molecule has 2 atom stereocenters. The molecule has 0 spiro atoms. The van der Waals surface area contributed by atoms with E-state index < -0.39 is 0 Å². The first-order chi connectivity index (χ1) is 14.4. The topological polar surface area (TPSA) is 89.5 Å². The lowest BCUT2D eigenvalue weighted by Crippen LogP contribution is -2.52. The highest BCUT2D eigenvalue weighted by atomic mass is 16.6. The highest BCUT2D eigenvalue weighted by molar-refractivity contribution is 5.85. The first-order valence-electron chi connectivity index (χ1n) is 11.3. The fourth-order valence-electron chi connectivity index (χ4n) is 4.30. The Morgan fingerprint density at radius 3 is 2.37 bits per heavy atom. The number of rotatable bonds is 6. The van der Waals surface area contributed by atoms with E-state index in [2.05, 4.69) is 27.4 Å². The number of nitrogens with zero attached hydrogens (tertiary/aromatic N) is 4. The number of hydrogen-bond acceptors (Lipinski definition) is 5. The largest absolute Gasteiger partial charge is 0.450 e. The molecule has 0 aromatic carbocycles. The second kappa shape index (κ2) is 10.3. The maximum atomic E-state index is 12.1. The Bertz CT molecular complexity index is 628. The molecule has 0 radical (unpaired) electrons.